The van der Waals surface area contributed by atoms with Gasteiger partial charge in [-0.05, 0) is 35.7 Å². The molecule has 134 valence electrons. The maximum atomic E-state index is 12.7. The van der Waals surface area contributed by atoms with Crippen LogP contribution < -0.4 is 0 Å². The third-order valence-electron chi connectivity index (χ3n) is 4.62. The van der Waals surface area contributed by atoms with E-state index in [4.69, 9.17) is 11.6 Å². The van der Waals surface area contributed by atoms with Gasteiger partial charge in [-0.2, -0.15) is 4.31 Å². The molecule has 0 amide bonds. The van der Waals surface area contributed by atoms with Gasteiger partial charge in [0.2, 0.25) is 10.0 Å². The number of hydrogen-bond acceptors (Lipinski definition) is 3. The summed E-state index contributed by atoms with van der Waals surface area (Å²) in [6.45, 7) is 5.29. The van der Waals surface area contributed by atoms with Crippen LogP contribution in [0.15, 0.2) is 48.5 Å². The normalized spacial score (nSPS) is 16.9. The molecule has 2 aromatic rings. The Hall–Kier alpha value is -1.40. The zero-order chi connectivity index (χ0) is 17.9. The number of rotatable bonds is 5. The van der Waals surface area contributed by atoms with Gasteiger partial charge in [-0.25, -0.2) is 8.42 Å². The Morgan fingerprint density at radius 2 is 1.72 bits per heavy atom. The Labute approximate surface area is 155 Å². The molecule has 0 aromatic heterocycles. The summed E-state index contributed by atoms with van der Waals surface area (Å²) in [6.07, 6.45) is 0. The zero-order valence-electron chi connectivity index (χ0n) is 14.4. The second-order valence-corrected chi connectivity index (χ2v) is 8.89. The number of benzene rings is 2. The molecule has 2 aromatic carbocycles. The van der Waals surface area contributed by atoms with E-state index >= 15 is 0 Å². The Morgan fingerprint density at radius 3 is 2.40 bits per heavy atom. The van der Waals surface area contributed by atoms with E-state index in [-0.39, 0.29) is 5.75 Å². The van der Waals surface area contributed by atoms with Crippen molar-refractivity contribution in [2.24, 2.45) is 0 Å². The van der Waals surface area contributed by atoms with Gasteiger partial charge < -0.3 is 0 Å². The van der Waals surface area contributed by atoms with Crippen LogP contribution in [0.5, 0.6) is 0 Å². The van der Waals surface area contributed by atoms with Crippen LogP contribution in [0.1, 0.15) is 16.7 Å². The molecule has 0 radical (unpaired) electrons. The van der Waals surface area contributed by atoms with Gasteiger partial charge in [-0.3, -0.25) is 4.90 Å². The average molecular weight is 379 g/mol. The Kier molecular flexibility index (Phi) is 5.79. The number of hydrogen-bond donors (Lipinski definition) is 0. The highest BCUT2D eigenvalue weighted by Crippen LogP contribution is 2.18. The van der Waals surface area contributed by atoms with Crippen LogP contribution in [0.4, 0.5) is 0 Å². The lowest BCUT2D eigenvalue weighted by Crippen LogP contribution is -2.48. The summed E-state index contributed by atoms with van der Waals surface area (Å²) < 4.78 is 27.0. The molecule has 0 atom stereocenters. The number of halogens is 1. The lowest BCUT2D eigenvalue weighted by molar-refractivity contribution is 0.181. The summed E-state index contributed by atoms with van der Waals surface area (Å²) >= 11 is 6.03. The van der Waals surface area contributed by atoms with Crippen LogP contribution in [0.2, 0.25) is 5.02 Å². The number of piperazine rings is 1. The molecule has 0 N–H and O–H groups in total. The molecule has 1 aliphatic rings. The lowest BCUT2D eigenvalue weighted by atomic mass is 10.1. The molecule has 4 nitrogen and oxygen atoms in total. The van der Waals surface area contributed by atoms with E-state index in [1.54, 1.807) is 4.31 Å². The Balaban J connectivity index is 1.59. The maximum absolute atomic E-state index is 12.7. The van der Waals surface area contributed by atoms with Gasteiger partial charge >= 0.3 is 0 Å². The van der Waals surface area contributed by atoms with Gasteiger partial charge in [0.25, 0.3) is 0 Å². The van der Waals surface area contributed by atoms with Crippen molar-refractivity contribution in [1.82, 2.24) is 9.21 Å². The summed E-state index contributed by atoms with van der Waals surface area (Å²) in [5.74, 6) is 0.0773. The molecule has 1 fully saturated rings. The van der Waals surface area contributed by atoms with Crippen LogP contribution >= 0.6 is 11.6 Å². The van der Waals surface area contributed by atoms with Crippen LogP contribution in [0.3, 0.4) is 0 Å². The van der Waals surface area contributed by atoms with E-state index in [1.807, 2.05) is 55.5 Å². The monoisotopic (exact) mass is 378 g/mol. The third-order valence-corrected chi connectivity index (χ3v) is 6.68. The fourth-order valence-electron chi connectivity index (χ4n) is 3.12. The molecule has 1 heterocycles. The fourth-order valence-corrected chi connectivity index (χ4v) is 4.95. The van der Waals surface area contributed by atoms with Gasteiger partial charge in [0.05, 0.1) is 5.75 Å². The average Bonchev–Trinajstić information content (AvgIpc) is 2.57. The van der Waals surface area contributed by atoms with Crippen molar-refractivity contribution < 1.29 is 8.42 Å². The molecule has 0 bridgehead atoms. The molecule has 25 heavy (non-hydrogen) atoms. The van der Waals surface area contributed by atoms with Gasteiger partial charge in [0.1, 0.15) is 0 Å². The second-order valence-electron chi connectivity index (χ2n) is 6.49. The van der Waals surface area contributed by atoms with E-state index in [2.05, 4.69) is 4.90 Å². The van der Waals surface area contributed by atoms with Crippen molar-refractivity contribution in [3.63, 3.8) is 0 Å². The van der Waals surface area contributed by atoms with Crippen molar-refractivity contribution in [3.8, 4) is 0 Å². The van der Waals surface area contributed by atoms with Gasteiger partial charge in [-0.15, -0.1) is 0 Å². The third kappa shape index (κ3) is 4.82. The first-order valence-corrected chi connectivity index (χ1v) is 10.4. The van der Waals surface area contributed by atoms with E-state index in [1.165, 1.54) is 0 Å². The minimum absolute atomic E-state index is 0.0773. The molecule has 0 unspecified atom stereocenters. The molecular formula is C19H23ClN2O2S. The molecule has 1 saturated heterocycles. The van der Waals surface area contributed by atoms with Crippen molar-refractivity contribution in [3.05, 3.63) is 70.2 Å². The number of nitrogens with zero attached hydrogens (tertiary/aromatic N) is 2. The fraction of sp³-hybridized carbons (Fsp3) is 0.368. The second kappa shape index (κ2) is 7.87. The standard InChI is InChI=1S/C19H23ClN2O2S/c1-16-5-2-3-7-18(16)15-25(23,24)22-11-9-21(10-12-22)14-17-6-4-8-19(20)13-17/h2-8,13H,9-12,14-15H2,1H3. The first-order valence-electron chi connectivity index (χ1n) is 8.43. The number of aryl methyl sites for hydroxylation is 1. The van der Waals surface area contributed by atoms with E-state index in [0.717, 1.165) is 41.3 Å². The predicted octanol–water partition coefficient (Wildman–Crippen LogP) is 3.30. The summed E-state index contributed by atoms with van der Waals surface area (Å²) in [6, 6.07) is 15.5. The quantitative estimate of drug-likeness (QED) is 0.801. The minimum Gasteiger partial charge on any atom is -0.296 e. The first-order chi connectivity index (χ1) is 11.9. The molecule has 1 aliphatic heterocycles. The predicted molar refractivity (Wildman–Crippen MR) is 102 cm³/mol. The van der Waals surface area contributed by atoms with E-state index < -0.39 is 10.0 Å². The van der Waals surface area contributed by atoms with Crippen molar-refractivity contribution >= 4 is 21.6 Å². The molecular weight excluding hydrogens is 356 g/mol. The molecule has 3 rings (SSSR count). The van der Waals surface area contributed by atoms with Gasteiger partial charge in [-0.1, -0.05) is 48.0 Å². The van der Waals surface area contributed by atoms with Crippen molar-refractivity contribution in [2.75, 3.05) is 26.2 Å². The summed E-state index contributed by atoms with van der Waals surface area (Å²) in [5.41, 5.74) is 3.05. The summed E-state index contributed by atoms with van der Waals surface area (Å²) in [7, 11) is -3.28. The van der Waals surface area contributed by atoms with Crippen molar-refractivity contribution in [1.29, 1.82) is 0 Å². The Bertz CT molecular complexity index is 831. The molecule has 0 spiro atoms. The van der Waals surface area contributed by atoms with E-state index in [0.29, 0.717) is 13.1 Å². The number of sulfonamides is 1. The highest BCUT2D eigenvalue weighted by atomic mass is 35.5. The molecule has 6 heteroatoms. The van der Waals surface area contributed by atoms with Gasteiger partial charge in [0, 0.05) is 37.7 Å². The van der Waals surface area contributed by atoms with Crippen LogP contribution in [-0.2, 0) is 22.3 Å². The minimum atomic E-state index is -3.28. The Morgan fingerprint density at radius 1 is 1.00 bits per heavy atom. The summed E-state index contributed by atoms with van der Waals surface area (Å²) in [5, 5.41) is 0.733. The van der Waals surface area contributed by atoms with Crippen LogP contribution in [0.25, 0.3) is 0 Å². The summed E-state index contributed by atoms with van der Waals surface area (Å²) in [4.78, 5) is 2.27. The first kappa shape index (κ1) is 18.4. The molecule has 0 saturated carbocycles. The highest BCUT2D eigenvalue weighted by molar-refractivity contribution is 7.88. The smallest absolute Gasteiger partial charge is 0.218 e. The highest BCUT2D eigenvalue weighted by Gasteiger charge is 2.27. The lowest BCUT2D eigenvalue weighted by Gasteiger charge is -2.34. The maximum Gasteiger partial charge on any atom is 0.218 e. The van der Waals surface area contributed by atoms with Crippen LogP contribution in [0, 0.1) is 6.92 Å². The topological polar surface area (TPSA) is 40.6 Å². The SMILES string of the molecule is Cc1ccccc1CS(=O)(=O)N1CCN(Cc2cccc(Cl)c2)CC1. The molecule has 0 aliphatic carbocycles. The van der Waals surface area contributed by atoms with Crippen molar-refractivity contribution in [2.45, 2.75) is 19.2 Å². The van der Waals surface area contributed by atoms with Gasteiger partial charge in [0.15, 0.2) is 0 Å². The largest absolute Gasteiger partial charge is 0.296 e. The van der Waals surface area contributed by atoms with Crippen LogP contribution in [-0.4, -0.2) is 43.8 Å². The van der Waals surface area contributed by atoms with E-state index in [9.17, 15) is 8.42 Å². The zero-order valence-corrected chi connectivity index (χ0v) is 15.9.